The van der Waals surface area contributed by atoms with Crippen LogP contribution < -0.4 is 0 Å². The van der Waals surface area contributed by atoms with Crippen LogP contribution in [0.5, 0.6) is 0 Å². The predicted octanol–water partition coefficient (Wildman–Crippen LogP) is 4.95. The molecule has 0 fully saturated rings. The van der Waals surface area contributed by atoms with E-state index >= 15 is 0 Å². The van der Waals surface area contributed by atoms with Gasteiger partial charge in [-0.05, 0) is 6.07 Å². The van der Waals surface area contributed by atoms with Gasteiger partial charge < -0.3 is 4.57 Å². The maximum Gasteiger partial charge on any atom is 0.0943 e. The Labute approximate surface area is 126 Å². The predicted molar refractivity (Wildman–Crippen MR) is 91.8 cm³/mol. The molecule has 2 aromatic rings. The standard InChI is InChI=1S/2C4H6N2.4C2H6/c1-6-3-2-5-4-6;1-6-4-2-3-5-6;4*1-2/h2*2-4H,1H3;4*1-2H3. The minimum Gasteiger partial charge on any atom is -0.341 e. The Morgan fingerprint density at radius 1 is 0.700 bits per heavy atom. The van der Waals surface area contributed by atoms with E-state index in [0.717, 1.165) is 0 Å². The summed E-state index contributed by atoms with van der Waals surface area (Å²) in [5.41, 5.74) is 0. The van der Waals surface area contributed by atoms with Gasteiger partial charge in [0.1, 0.15) is 0 Å². The third-order valence-electron chi connectivity index (χ3n) is 1.27. The van der Waals surface area contributed by atoms with Crippen LogP contribution in [0.2, 0.25) is 0 Å². The van der Waals surface area contributed by atoms with Gasteiger partial charge in [0.25, 0.3) is 0 Å². The number of rotatable bonds is 0. The topological polar surface area (TPSA) is 35.6 Å². The van der Waals surface area contributed by atoms with Gasteiger partial charge in [0.2, 0.25) is 0 Å². The Morgan fingerprint density at radius 2 is 1.20 bits per heavy atom. The molecule has 0 aromatic carbocycles. The molecule has 0 unspecified atom stereocenters. The molecule has 0 spiro atoms. The number of aryl methyl sites for hydroxylation is 2. The number of imidazole rings is 1. The number of hydrogen-bond acceptors (Lipinski definition) is 2. The summed E-state index contributed by atoms with van der Waals surface area (Å²) in [4.78, 5) is 3.78. The van der Waals surface area contributed by atoms with Crippen LogP contribution in [0, 0.1) is 0 Å². The van der Waals surface area contributed by atoms with Gasteiger partial charge in [-0.25, -0.2) is 4.98 Å². The number of hydrogen-bond donors (Lipinski definition) is 0. The van der Waals surface area contributed by atoms with Crippen molar-refractivity contribution < 1.29 is 0 Å². The highest BCUT2D eigenvalue weighted by molar-refractivity contribution is 4.75. The lowest BCUT2D eigenvalue weighted by atomic mass is 10.8. The van der Waals surface area contributed by atoms with E-state index in [2.05, 4.69) is 10.1 Å². The zero-order valence-electron chi connectivity index (χ0n) is 15.3. The second-order valence-electron chi connectivity index (χ2n) is 2.41. The van der Waals surface area contributed by atoms with Crippen LogP contribution in [0.1, 0.15) is 55.4 Å². The smallest absolute Gasteiger partial charge is 0.0943 e. The molecule has 120 valence electrons. The summed E-state index contributed by atoms with van der Waals surface area (Å²) < 4.78 is 3.64. The molecule has 4 nitrogen and oxygen atoms in total. The first kappa shape index (κ1) is 26.9. The molecule has 0 aliphatic heterocycles. The van der Waals surface area contributed by atoms with Crippen molar-refractivity contribution in [3.05, 3.63) is 37.2 Å². The van der Waals surface area contributed by atoms with E-state index in [-0.39, 0.29) is 0 Å². The van der Waals surface area contributed by atoms with E-state index in [0.29, 0.717) is 0 Å². The summed E-state index contributed by atoms with van der Waals surface area (Å²) in [7, 11) is 3.83. The first-order chi connectivity index (χ1) is 9.79. The molecule has 0 aliphatic rings. The molecule has 0 aliphatic carbocycles. The van der Waals surface area contributed by atoms with Crippen LogP contribution in [0.4, 0.5) is 0 Å². The molecule has 0 N–H and O–H groups in total. The highest BCUT2D eigenvalue weighted by atomic mass is 15.2. The quantitative estimate of drug-likeness (QED) is 0.686. The number of aromatic nitrogens is 4. The van der Waals surface area contributed by atoms with Crippen molar-refractivity contribution in [1.29, 1.82) is 0 Å². The van der Waals surface area contributed by atoms with Crippen LogP contribution >= 0.6 is 0 Å². The molecule has 0 bridgehead atoms. The Balaban J connectivity index is -0.0000000863. The van der Waals surface area contributed by atoms with Crippen molar-refractivity contribution in [3.8, 4) is 0 Å². The van der Waals surface area contributed by atoms with Gasteiger partial charge in [-0.15, -0.1) is 0 Å². The summed E-state index contributed by atoms with van der Waals surface area (Å²) in [6, 6.07) is 1.89. The Bertz CT molecular complexity index is 254. The molecule has 4 heteroatoms. The van der Waals surface area contributed by atoms with Crippen molar-refractivity contribution >= 4 is 0 Å². The molecular formula is C16H36N4. The maximum absolute atomic E-state index is 3.83. The largest absolute Gasteiger partial charge is 0.341 e. The fourth-order valence-corrected chi connectivity index (χ4v) is 0.671. The molecule has 0 amide bonds. The van der Waals surface area contributed by atoms with Crippen molar-refractivity contribution in [2.45, 2.75) is 55.4 Å². The second kappa shape index (κ2) is 30.4. The normalized spacial score (nSPS) is 6.50. The van der Waals surface area contributed by atoms with Gasteiger partial charge in [0.15, 0.2) is 0 Å². The van der Waals surface area contributed by atoms with Gasteiger partial charge in [-0.3, -0.25) is 4.68 Å². The van der Waals surface area contributed by atoms with Crippen molar-refractivity contribution in [2.75, 3.05) is 0 Å². The van der Waals surface area contributed by atoms with E-state index in [4.69, 9.17) is 0 Å². The van der Waals surface area contributed by atoms with E-state index in [1.807, 2.05) is 92.5 Å². The van der Waals surface area contributed by atoms with Gasteiger partial charge in [0.05, 0.1) is 6.33 Å². The lowest BCUT2D eigenvalue weighted by Crippen LogP contribution is -1.83. The summed E-state index contributed by atoms with van der Waals surface area (Å²) in [6.07, 6.45) is 9.03. The lowest BCUT2D eigenvalue weighted by molar-refractivity contribution is 0.768. The highest BCUT2D eigenvalue weighted by Crippen LogP contribution is 1.73. The second-order valence-corrected chi connectivity index (χ2v) is 2.41. The molecule has 0 saturated carbocycles. The molecule has 2 aromatic heterocycles. The molecule has 0 atom stereocenters. The van der Waals surface area contributed by atoms with E-state index in [9.17, 15) is 0 Å². The maximum atomic E-state index is 3.83. The lowest BCUT2D eigenvalue weighted by Gasteiger charge is -1.77. The van der Waals surface area contributed by atoms with E-state index in [1.165, 1.54) is 0 Å². The van der Waals surface area contributed by atoms with Gasteiger partial charge in [0, 0.05) is 38.9 Å². The van der Waals surface area contributed by atoms with Crippen LogP contribution in [0.15, 0.2) is 37.2 Å². The third kappa shape index (κ3) is 25.3. The van der Waals surface area contributed by atoms with Crippen LogP contribution in [0.3, 0.4) is 0 Å². The summed E-state index contributed by atoms with van der Waals surface area (Å²) in [6.45, 7) is 16.0. The van der Waals surface area contributed by atoms with E-state index in [1.54, 1.807) is 23.4 Å². The monoisotopic (exact) mass is 284 g/mol. The van der Waals surface area contributed by atoms with E-state index < -0.39 is 0 Å². The fraction of sp³-hybridized carbons (Fsp3) is 0.625. The first-order valence-corrected chi connectivity index (χ1v) is 7.64. The zero-order chi connectivity index (χ0) is 16.8. The minimum atomic E-state index is 1.75. The van der Waals surface area contributed by atoms with Gasteiger partial charge in [-0.1, -0.05) is 55.4 Å². The third-order valence-corrected chi connectivity index (χ3v) is 1.27. The minimum absolute atomic E-state index is 1.75. The summed E-state index contributed by atoms with van der Waals surface area (Å²) in [5, 5.41) is 3.83. The van der Waals surface area contributed by atoms with Crippen molar-refractivity contribution in [3.63, 3.8) is 0 Å². The van der Waals surface area contributed by atoms with Crippen LogP contribution in [-0.2, 0) is 14.1 Å². The average Bonchev–Trinajstić information content (AvgIpc) is 3.22. The summed E-state index contributed by atoms with van der Waals surface area (Å²) >= 11 is 0. The van der Waals surface area contributed by atoms with Crippen molar-refractivity contribution in [1.82, 2.24) is 19.3 Å². The molecule has 2 rings (SSSR count). The fourth-order valence-electron chi connectivity index (χ4n) is 0.671. The Hall–Kier alpha value is -1.58. The Morgan fingerprint density at radius 3 is 1.30 bits per heavy atom. The van der Waals surface area contributed by atoms with Gasteiger partial charge in [-0.2, -0.15) is 5.10 Å². The average molecular weight is 284 g/mol. The molecule has 0 radical (unpaired) electrons. The molecule has 2 heterocycles. The first-order valence-electron chi connectivity index (χ1n) is 7.64. The molecular weight excluding hydrogens is 248 g/mol. The molecule has 0 saturated heterocycles. The van der Waals surface area contributed by atoms with Crippen molar-refractivity contribution in [2.24, 2.45) is 14.1 Å². The summed E-state index contributed by atoms with van der Waals surface area (Å²) in [5.74, 6) is 0. The molecule has 20 heavy (non-hydrogen) atoms. The SMILES string of the molecule is CC.CC.CC.CC.Cn1cccn1.Cn1ccnc1. The Kier molecular flexibility index (Phi) is 40.9. The zero-order valence-corrected chi connectivity index (χ0v) is 15.3. The van der Waals surface area contributed by atoms with Crippen LogP contribution in [0.25, 0.3) is 0 Å². The highest BCUT2D eigenvalue weighted by Gasteiger charge is 1.69. The number of nitrogens with zero attached hydrogens (tertiary/aromatic N) is 4. The van der Waals surface area contributed by atoms with Crippen LogP contribution in [-0.4, -0.2) is 19.3 Å². The van der Waals surface area contributed by atoms with Gasteiger partial charge >= 0.3 is 0 Å².